The van der Waals surface area contributed by atoms with E-state index in [1.165, 1.54) is 20.9 Å². The van der Waals surface area contributed by atoms with Crippen LogP contribution in [0.25, 0.3) is 0 Å². The third-order valence-electron chi connectivity index (χ3n) is 2.55. The minimum absolute atomic E-state index is 0.0176. The highest BCUT2D eigenvalue weighted by atomic mass is 32.2. The molecule has 0 aliphatic carbocycles. The number of sulfone groups is 1. The number of nitrogens with zero attached hydrogens (tertiary/aromatic N) is 3. The van der Waals surface area contributed by atoms with E-state index in [9.17, 15) is 16.8 Å². The molecule has 0 fully saturated rings. The zero-order chi connectivity index (χ0) is 13.6. The monoisotopic (exact) mass is 282 g/mol. The lowest BCUT2D eigenvalue weighted by Crippen LogP contribution is -2.32. The Morgan fingerprint density at radius 1 is 1.18 bits per heavy atom. The van der Waals surface area contributed by atoms with E-state index >= 15 is 0 Å². The number of sulfonamides is 1. The summed E-state index contributed by atoms with van der Waals surface area (Å²) in [6.07, 6.45) is 1.04. The van der Waals surface area contributed by atoms with Crippen LogP contribution in [0.5, 0.6) is 0 Å². The molecule has 0 saturated carbocycles. The van der Waals surface area contributed by atoms with Gasteiger partial charge in [0.15, 0.2) is 15.7 Å². The minimum Gasteiger partial charge on any atom is -0.303 e. The van der Waals surface area contributed by atoms with Gasteiger partial charge in [-0.15, -0.1) is 10.2 Å². The van der Waals surface area contributed by atoms with Crippen LogP contribution in [0.4, 0.5) is 0 Å². The van der Waals surface area contributed by atoms with E-state index in [4.69, 9.17) is 5.14 Å². The highest BCUT2D eigenvalue weighted by molar-refractivity contribution is 7.91. The molecule has 0 spiro atoms. The van der Waals surface area contributed by atoms with Gasteiger partial charge in [-0.25, -0.2) is 22.0 Å². The molecule has 8 nitrogen and oxygen atoms in total. The predicted molar refractivity (Wildman–Crippen MR) is 60.2 cm³/mol. The minimum atomic E-state index is -4.02. The van der Waals surface area contributed by atoms with Crippen molar-refractivity contribution in [2.24, 2.45) is 12.2 Å². The summed E-state index contributed by atoms with van der Waals surface area (Å²) in [7, 11) is -6.14. The molecule has 1 heterocycles. The lowest BCUT2D eigenvalue weighted by atomic mass is 10.2. The van der Waals surface area contributed by atoms with Gasteiger partial charge in [-0.1, -0.05) is 0 Å². The van der Waals surface area contributed by atoms with E-state index in [0.717, 1.165) is 10.8 Å². The summed E-state index contributed by atoms with van der Waals surface area (Å²) in [4.78, 5) is 0. The Morgan fingerprint density at radius 3 is 1.94 bits per heavy atom. The third kappa shape index (κ3) is 2.33. The van der Waals surface area contributed by atoms with E-state index in [0.29, 0.717) is 0 Å². The maximum Gasteiger partial charge on any atom is 0.273 e. The molecule has 0 unspecified atom stereocenters. The van der Waals surface area contributed by atoms with Crippen molar-refractivity contribution in [1.29, 1.82) is 0 Å². The van der Waals surface area contributed by atoms with E-state index in [1.54, 1.807) is 0 Å². The summed E-state index contributed by atoms with van der Waals surface area (Å²) >= 11 is 0. The molecule has 1 rings (SSSR count). The van der Waals surface area contributed by atoms with Crippen LogP contribution in [-0.2, 0) is 31.7 Å². The van der Waals surface area contributed by atoms with Crippen molar-refractivity contribution in [2.45, 2.75) is 23.8 Å². The topological polar surface area (TPSA) is 125 Å². The lowest BCUT2D eigenvalue weighted by Gasteiger charge is -2.21. The number of hydrogen-bond donors (Lipinski definition) is 1. The fourth-order valence-corrected chi connectivity index (χ4v) is 2.38. The SMILES string of the molecule is Cn1c(C(C)(C)S(C)(=O)=O)nnc1S(N)(=O)=O. The Labute approximate surface area is 99.8 Å². The molecule has 10 heteroatoms. The molecule has 1 aromatic rings. The first-order valence-electron chi connectivity index (χ1n) is 4.51. The average Bonchev–Trinajstić information content (AvgIpc) is 2.43. The van der Waals surface area contributed by atoms with Gasteiger partial charge >= 0.3 is 0 Å². The summed E-state index contributed by atoms with van der Waals surface area (Å²) in [6.45, 7) is 2.83. The molecule has 0 atom stereocenters. The maximum atomic E-state index is 11.6. The number of primary sulfonamides is 1. The summed E-state index contributed by atoms with van der Waals surface area (Å²) in [5, 5.41) is 11.5. The van der Waals surface area contributed by atoms with Gasteiger partial charge in [-0.3, -0.25) is 0 Å². The second kappa shape index (κ2) is 3.75. The van der Waals surface area contributed by atoms with Gasteiger partial charge in [0, 0.05) is 13.3 Å². The van der Waals surface area contributed by atoms with Gasteiger partial charge in [-0.05, 0) is 13.8 Å². The van der Waals surface area contributed by atoms with Crippen molar-refractivity contribution < 1.29 is 16.8 Å². The quantitative estimate of drug-likeness (QED) is 0.737. The molecule has 0 aliphatic heterocycles. The van der Waals surface area contributed by atoms with Gasteiger partial charge in [-0.2, -0.15) is 0 Å². The van der Waals surface area contributed by atoms with Crippen molar-refractivity contribution in [2.75, 3.05) is 6.26 Å². The normalized spacial score (nSPS) is 13.9. The Bertz CT molecular complexity index is 641. The first-order chi connectivity index (χ1) is 7.39. The third-order valence-corrected chi connectivity index (χ3v) is 5.46. The van der Waals surface area contributed by atoms with Crippen LogP contribution in [-0.4, -0.2) is 37.9 Å². The first-order valence-corrected chi connectivity index (χ1v) is 7.95. The standard InChI is InChI=1S/C7H14N4O4S2/c1-7(2,16(4,12)13)5-9-10-6(11(5)3)17(8,14)15/h1-4H3,(H2,8,14,15). The Kier molecular flexibility index (Phi) is 3.10. The van der Waals surface area contributed by atoms with Crippen LogP contribution in [0.1, 0.15) is 19.7 Å². The Morgan fingerprint density at radius 2 is 1.65 bits per heavy atom. The fourth-order valence-electron chi connectivity index (χ4n) is 1.25. The average molecular weight is 282 g/mol. The largest absolute Gasteiger partial charge is 0.303 e. The van der Waals surface area contributed by atoms with E-state index in [2.05, 4.69) is 10.2 Å². The van der Waals surface area contributed by atoms with Crippen LogP contribution in [0.3, 0.4) is 0 Å². The fraction of sp³-hybridized carbons (Fsp3) is 0.714. The number of rotatable bonds is 3. The molecule has 0 bridgehead atoms. The molecule has 0 aromatic carbocycles. The van der Waals surface area contributed by atoms with Crippen molar-refractivity contribution in [1.82, 2.24) is 14.8 Å². The van der Waals surface area contributed by atoms with Gasteiger partial charge < -0.3 is 4.57 Å². The van der Waals surface area contributed by atoms with Crippen molar-refractivity contribution >= 4 is 19.9 Å². The molecular weight excluding hydrogens is 268 g/mol. The molecule has 1 aromatic heterocycles. The maximum absolute atomic E-state index is 11.6. The molecule has 0 aliphatic rings. The predicted octanol–water partition coefficient (Wildman–Crippen LogP) is -1.26. The number of nitrogens with two attached hydrogens (primary N) is 1. The van der Waals surface area contributed by atoms with Gasteiger partial charge in [0.05, 0.1) is 0 Å². The van der Waals surface area contributed by atoms with Crippen LogP contribution < -0.4 is 5.14 Å². The first kappa shape index (κ1) is 14.1. The van der Waals surface area contributed by atoms with Crippen molar-refractivity contribution in [3.05, 3.63) is 5.82 Å². The molecule has 0 saturated heterocycles. The van der Waals surface area contributed by atoms with Crippen molar-refractivity contribution in [3.8, 4) is 0 Å². The highest BCUT2D eigenvalue weighted by Crippen LogP contribution is 2.27. The number of hydrogen-bond acceptors (Lipinski definition) is 6. The molecule has 0 radical (unpaired) electrons. The van der Waals surface area contributed by atoms with E-state index in [-0.39, 0.29) is 5.82 Å². The second-order valence-corrected chi connectivity index (χ2v) is 8.21. The van der Waals surface area contributed by atoms with Crippen molar-refractivity contribution in [3.63, 3.8) is 0 Å². The van der Waals surface area contributed by atoms with Gasteiger partial charge in [0.1, 0.15) is 4.75 Å². The zero-order valence-electron chi connectivity index (χ0n) is 9.87. The zero-order valence-corrected chi connectivity index (χ0v) is 11.5. The van der Waals surface area contributed by atoms with Gasteiger partial charge in [0.2, 0.25) is 0 Å². The molecule has 98 valence electrons. The Hall–Kier alpha value is -1.00. The van der Waals surface area contributed by atoms with Crippen LogP contribution in [0, 0.1) is 0 Å². The van der Waals surface area contributed by atoms with E-state index in [1.807, 2.05) is 0 Å². The van der Waals surface area contributed by atoms with E-state index < -0.39 is 29.8 Å². The molecule has 2 N–H and O–H groups in total. The molecular formula is C7H14N4O4S2. The molecule has 0 amide bonds. The summed E-state index contributed by atoms with van der Waals surface area (Å²) in [5.41, 5.74) is 0. The summed E-state index contributed by atoms with van der Waals surface area (Å²) < 4.78 is 45.2. The Balaban J connectivity index is 3.54. The molecule has 17 heavy (non-hydrogen) atoms. The summed E-state index contributed by atoms with van der Waals surface area (Å²) in [5.74, 6) is 0.0176. The van der Waals surface area contributed by atoms with Crippen LogP contribution in [0.2, 0.25) is 0 Å². The van der Waals surface area contributed by atoms with Crippen LogP contribution in [0.15, 0.2) is 5.16 Å². The van der Waals surface area contributed by atoms with Gasteiger partial charge in [0.25, 0.3) is 15.2 Å². The number of aromatic nitrogens is 3. The highest BCUT2D eigenvalue weighted by Gasteiger charge is 2.38. The van der Waals surface area contributed by atoms with Crippen LogP contribution >= 0.6 is 0 Å². The smallest absolute Gasteiger partial charge is 0.273 e. The second-order valence-electron chi connectivity index (χ2n) is 4.19. The lowest BCUT2D eigenvalue weighted by molar-refractivity contribution is 0.533. The summed E-state index contributed by atoms with van der Waals surface area (Å²) in [6, 6.07) is 0.